The average Bonchev–Trinajstić information content (AvgIpc) is 3.56. The fraction of sp³-hybridized carbons (Fsp3) is 0.286. The highest BCUT2D eigenvalue weighted by Gasteiger charge is 2.33. The number of hydrogen-bond donors (Lipinski definition) is 2. The zero-order valence-electron chi connectivity index (χ0n) is 20.6. The SMILES string of the molecule is COCc1cc(-c2nc(-c3cnc(NC4CCCC4C(=O)O)c(Cl)c3)no2)ccc1-c1ccccc1C. The number of aromatic nitrogens is 3. The number of carbonyl (C=O) groups is 1. The number of benzene rings is 2. The van der Waals surface area contributed by atoms with E-state index >= 15 is 0 Å². The van der Waals surface area contributed by atoms with Crippen molar-refractivity contribution in [3.05, 3.63) is 70.9 Å². The fourth-order valence-corrected chi connectivity index (χ4v) is 5.09. The number of halogens is 1. The summed E-state index contributed by atoms with van der Waals surface area (Å²) in [5.41, 5.74) is 5.81. The molecular formula is C28H27ClN4O4. The van der Waals surface area contributed by atoms with Gasteiger partial charge in [-0.05, 0) is 60.2 Å². The third kappa shape index (κ3) is 5.21. The number of carboxylic acids is 1. The van der Waals surface area contributed by atoms with Gasteiger partial charge in [0.1, 0.15) is 5.82 Å². The van der Waals surface area contributed by atoms with Gasteiger partial charge in [-0.2, -0.15) is 4.98 Å². The number of hydrogen-bond acceptors (Lipinski definition) is 7. The predicted octanol–water partition coefficient (Wildman–Crippen LogP) is 6.24. The highest BCUT2D eigenvalue weighted by atomic mass is 35.5. The molecule has 4 aromatic rings. The van der Waals surface area contributed by atoms with Crippen LogP contribution in [0.1, 0.15) is 30.4 Å². The molecule has 2 aromatic carbocycles. The Morgan fingerprint density at radius 3 is 2.76 bits per heavy atom. The smallest absolute Gasteiger partial charge is 0.308 e. The first-order valence-corrected chi connectivity index (χ1v) is 12.5. The van der Waals surface area contributed by atoms with Gasteiger partial charge in [-0.1, -0.05) is 53.5 Å². The first kappa shape index (κ1) is 24.9. The largest absolute Gasteiger partial charge is 0.481 e. The molecule has 0 amide bonds. The second kappa shape index (κ2) is 10.7. The van der Waals surface area contributed by atoms with Crippen LogP contribution in [-0.2, 0) is 16.1 Å². The molecular weight excluding hydrogens is 492 g/mol. The maximum atomic E-state index is 11.5. The lowest BCUT2D eigenvalue weighted by Gasteiger charge is -2.19. The summed E-state index contributed by atoms with van der Waals surface area (Å²) in [5, 5.41) is 17.1. The van der Waals surface area contributed by atoms with Crippen LogP contribution in [0.2, 0.25) is 5.02 Å². The van der Waals surface area contributed by atoms with Crippen LogP contribution < -0.4 is 5.32 Å². The third-order valence-electron chi connectivity index (χ3n) is 6.77. The average molecular weight is 519 g/mol. The van der Waals surface area contributed by atoms with E-state index in [1.165, 1.54) is 5.56 Å². The van der Waals surface area contributed by atoms with Crippen molar-refractivity contribution in [3.63, 3.8) is 0 Å². The molecule has 0 bridgehead atoms. The summed E-state index contributed by atoms with van der Waals surface area (Å²) in [5.74, 6) is -0.0720. The molecule has 2 unspecified atom stereocenters. The Morgan fingerprint density at radius 1 is 1.16 bits per heavy atom. The molecule has 37 heavy (non-hydrogen) atoms. The molecule has 2 N–H and O–H groups in total. The summed E-state index contributed by atoms with van der Waals surface area (Å²) in [6.45, 7) is 2.53. The highest BCUT2D eigenvalue weighted by Crippen LogP contribution is 2.34. The molecule has 0 saturated heterocycles. The second-order valence-corrected chi connectivity index (χ2v) is 9.63. The Kier molecular flexibility index (Phi) is 7.21. The van der Waals surface area contributed by atoms with Gasteiger partial charge in [0.05, 0.1) is 17.5 Å². The van der Waals surface area contributed by atoms with Crippen molar-refractivity contribution < 1.29 is 19.2 Å². The van der Waals surface area contributed by atoms with E-state index in [1.54, 1.807) is 19.4 Å². The van der Waals surface area contributed by atoms with Gasteiger partial charge in [0.15, 0.2) is 0 Å². The first-order valence-electron chi connectivity index (χ1n) is 12.1. The Morgan fingerprint density at radius 2 is 2.00 bits per heavy atom. The zero-order valence-corrected chi connectivity index (χ0v) is 21.3. The number of aryl methyl sites for hydroxylation is 1. The molecule has 190 valence electrons. The minimum atomic E-state index is -0.803. The maximum Gasteiger partial charge on any atom is 0.308 e. The van der Waals surface area contributed by atoms with Gasteiger partial charge in [0.25, 0.3) is 5.89 Å². The zero-order chi connectivity index (χ0) is 25.9. The highest BCUT2D eigenvalue weighted by molar-refractivity contribution is 6.33. The van der Waals surface area contributed by atoms with E-state index in [1.807, 2.05) is 30.3 Å². The lowest BCUT2D eigenvalue weighted by molar-refractivity contribution is -0.141. The number of nitrogens with zero attached hydrogens (tertiary/aromatic N) is 3. The standard InChI is InChI=1S/C28H27ClN4O4/c1-16-6-3-4-7-20(16)21-11-10-17(12-19(21)15-36-2)27-32-25(33-37-27)18-13-23(29)26(30-14-18)31-24-9-5-8-22(24)28(34)35/h3-4,6-7,10-14,22,24H,5,8-9,15H2,1-2H3,(H,30,31)(H,34,35). The normalized spacial score (nSPS) is 17.2. The lowest BCUT2D eigenvalue weighted by Crippen LogP contribution is -2.30. The summed E-state index contributed by atoms with van der Waals surface area (Å²) in [6, 6.07) is 15.7. The van der Waals surface area contributed by atoms with Crippen molar-refractivity contribution in [1.29, 1.82) is 0 Å². The lowest BCUT2D eigenvalue weighted by atomic mass is 9.94. The molecule has 1 aliphatic rings. The van der Waals surface area contributed by atoms with Crippen LogP contribution in [0.3, 0.4) is 0 Å². The molecule has 0 spiro atoms. The van der Waals surface area contributed by atoms with Crippen molar-refractivity contribution in [3.8, 4) is 34.0 Å². The van der Waals surface area contributed by atoms with Crippen LogP contribution in [0.5, 0.6) is 0 Å². The molecule has 8 nitrogen and oxygen atoms in total. The van der Waals surface area contributed by atoms with Crippen LogP contribution in [0.25, 0.3) is 34.0 Å². The molecule has 0 radical (unpaired) electrons. The summed E-state index contributed by atoms with van der Waals surface area (Å²) < 4.78 is 11.0. The van der Waals surface area contributed by atoms with Gasteiger partial charge in [-0.25, -0.2) is 4.98 Å². The number of pyridine rings is 1. The van der Waals surface area contributed by atoms with Crippen molar-refractivity contribution in [2.24, 2.45) is 5.92 Å². The summed E-state index contributed by atoms with van der Waals surface area (Å²) in [6.07, 6.45) is 3.87. The van der Waals surface area contributed by atoms with Gasteiger partial charge in [-0.15, -0.1) is 0 Å². The van der Waals surface area contributed by atoms with E-state index in [0.29, 0.717) is 41.1 Å². The molecule has 9 heteroatoms. The summed E-state index contributed by atoms with van der Waals surface area (Å²) in [4.78, 5) is 20.5. The van der Waals surface area contributed by atoms with E-state index in [2.05, 4.69) is 39.5 Å². The number of carboxylic acid groups (broad SMARTS) is 1. The number of aliphatic carboxylic acids is 1. The molecule has 0 aliphatic heterocycles. The van der Waals surface area contributed by atoms with Crippen molar-refractivity contribution in [1.82, 2.24) is 15.1 Å². The fourth-order valence-electron chi connectivity index (χ4n) is 4.87. The predicted molar refractivity (Wildman–Crippen MR) is 141 cm³/mol. The molecule has 2 atom stereocenters. The van der Waals surface area contributed by atoms with Crippen LogP contribution in [-0.4, -0.2) is 39.4 Å². The van der Waals surface area contributed by atoms with Gasteiger partial charge in [0, 0.05) is 30.5 Å². The number of ether oxygens (including phenoxy) is 1. The first-order chi connectivity index (χ1) is 17.9. The third-order valence-corrected chi connectivity index (χ3v) is 7.06. The Hall–Kier alpha value is -3.75. The van der Waals surface area contributed by atoms with Crippen molar-refractivity contribution in [2.75, 3.05) is 12.4 Å². The Bertz CT molecular complexity index is 1440. The maximum absolute atomic E-state index is 11.5. The van der Waals surface area contributed by atoms with Gasteiger partial charge >= 0.3 is 5.97 Å². The molecule has 1 saturated carbocycles. The number of nitrogens with one attached hydrogen (secondary N) is 1. The minimum Gasteiger partial charge on any atom is -0.481 e. The minimum absolute atomic E-state index is 0.200. The van der Waals surface area contributed by atoms with Gasteiger partial charge in [-0.3, -0.25) is 4.79 Å². The van der Waals surface area contributed by atoms with Gasteiger partial charge < -0.3 is 19.7 Å². The van der Waals surface area contributed by atoms with Crippen molar-refractivity contribution >= 4 is 23.4 Å². The van der Waals surface area contributed by atoms with Crippen LogP contribution in [0.4, 0.5) is 5.82 Å². The van der Waals surface area contributed by atoms with Crippen molar-refractivity contribution in [2.45, 2.75) is 38.8 Å². The van der Waals surface area contributed by atoms with Crippen LogP contribution >= 0.6 is 11.6 Å². The van der Waals surface area contributed by atoms with Crippen LogP contribution in [0.15, 0.2) is 59.3 Å². The summed E-state index contributed by atoms with van der Waals surface area (Å²) in [7, 11) is 1.67. The number of anilines is 1. The number of rotatable bonds is 8. The molecule has 2 aromatic heterocycles. The molecule has 2 heterocycles. The Balaban J connectivity index is 1.39. The van der Waals surface area contributed by atoms with E-state index in [9.17, 15) is 9.90 Å². The van der Waals surface area contributed by atoms with E-state index in [-0.39, 0.29) is 6.04 Å². The topological polar surface area (TPSA) is 110 Å². The van der Waals surface area contributed by atoms with Crippen LogP contribution in [0, 0.1) is 12.8 Å². The van der Waals surface area contributed by atoms with Gasteiger partial charge in [0.2, 0.25) is 5.82 Å². The van der Waals surface area contributed by atoms with E-state index < -0.39 is 11.9 Å². The molecule has 1 fully saturated rings. The number of methoxy groups -OCH3 is 1. The second-order valence-electron chi connectivity index (χ2n) is 9.22. The quantitative estimate of drug-likeness (QED) is 0.282. The molecule has 5 rings (SSSR count). The van der Waals surface area contributed by atoms with E-state index in [0.717, 1.165) is 35.1 Å². The summed E-state index contributed by atoms with van der Waals surface area (Å²) >= 11 is 6.48. The monoisotopic (exact) mass is 518 g/mol. The Labute approximate surface area is 219 Å². The molecule has 1 aliphatic carbocycles. The van der Waals surface area contributed by atoms with E-state index in [4.69, 9.17) is 20.9 Å².